The predicted octanol–water partition coefficient (Wildman–Crippen LogP) is -2.86. The molecular formula is H6FeO3Sr. The third kappa shape index (κ3) is 25.0. The fraction of sp³-hybridized carbons (Fsp3) is 0. The van der Waals surface area contributed by atoms with Gasteiger partial charge in [-0.1, -0.05) is 0 Å². The van der Waals surface area contributed by atoms with Crippen LogP contribution in [0.1, 0.15) is 0 Å². The van der Waals surface area contributed by atoms with Crippen molar-refractivity contribution in [3.8, 4) is 0 Å². The van der Waals surface area contributed by atoms with Gasteiger partial charge in [0.05, 0.1) is 0 Å². The maximum absolute atomic E-state index is 0. The van der Waals surface area contributed by atoms with Crippen LogP contribution < -0.4 is 0 Å². The standard InChI is InChI=1S/Fe.3H2O.Sr/h;3*1H2;. The van der Waals surface area contributed by atoms with E-state index in [2.05, 4.69) is 0 Å². The molecule has 3 nitrogen and oxygen atoms in total. The van der Waals surface area contributed by atoms with Crippen LogP contribution in [0, 0.1) is 0 Å². The molecular weight excluding hydrogens is 191 g/mol. The summed E-state index contributed by atoms with van der Waals surface area (Å²) >= 11 is 0. The van der Waals surface area contributed by atoms with E-state index >= 15 is 0 Å². The Bertz CT molecular complexity index is 6.85. The monoisotopic (exact) mass is 198 g/mol. The van der Waals surface area contributed by atoms with Crippen molar-refractivity contribution in [2.24, 2.45) is 0 Å². The smallest absolute Gasteiger partial charge is 0 e. The number of hydrogen-bond donors (Lipinski definition) is 0. The van der Waals surface area contributed by atoms with E-state index in [0.717, 1.165) is 0 Å². The second-order valence-electron chi connectivity index (χ2n) is 0. The molecule has 0 rings (SSSR count). The van der Waals surface area contributed by atoms with Crippen molar-refractivity contribution in [3.05, 3.63) is 0 Å². The van der Waals surface area contributed by atoms with Crippen molar-refractivity contribution in [1.29, 1.82) is 0 Å². The first kappa shape index (κ1) is 67.3. The summed E-state index contributed by atoms with van der Waals surface area (Å²) in [6.45, 7) is 0. The molecule has 2 radical (unpaired) electrons. The SMILES string of the molecule is O.O.O.[Fe].[Sr]. The summed E-state index contributed by atoms with van der Waals surface area (Å²) in [6, 6.07) is 0. The Hall–Kier alpha value is 1.88. The molecule has 0 amide bonds. The molecule has 0 saturated carbocycles. The Morgan fingerprint density at radius 3 is 0.600 bits per heavy atom. The minimum atomic E-state index is 0. The van der Waals surface area contributed by atoms with Crippen LogP contribution in [0.3, 0.4) is 0 Å². The second-order valence-corrected chi connectivity index (χ2v) is 0. The van der Waals surface area contributed by atoms with Crippen LogP contribution in [-0.4, -0.2) is 61.9 Å². The third-order valence-corrected chi connectivity index (χ3v) is 0. The molecule has 5 heteroatoms. The van der Waals surface area contributed by atoms with Gasteiger partial charge >= 0.3 is 0 Å². The molecule has 34 valence electrons. The average molecular weight is 198 g/mol. The van der Waals surface area contributed by atoms with Crippen LogP contribution in [0.15, 0.2) is 0 Å². The topological polar surface area (TPSA) is 94.5 Å². The van der Waals surface area contributed by atoms with E-state index in [1.165, 1.54) is 0 Å². The normalized spacial score (nSPS) is 0. The molecule has 5 heavy (non-hydrogen) atoms. The van der Waals surface area contributed by atoms with E-state index in [4.69, 9.17) is 0 Å². The van der Waals surface area contributed by atoms with Gasteiger partial charge in [0.25, 0.3) is 0 Å². The third-order valence-electron chi connectivity index (χ3n) is 0. The van der Waals surface area contributed by atoms with Gasteiger partial charge in [0.2, 0.25) is 0 Å². The molecule has 0 aliphatic carbocycles. The van der Waals surface area contributed by atoms with Gasteiger partial charge in [0.15, 0.2) is 0 Å². The Balaban J connectivity index is 0. The largest absolute Gasteiger partial charge is 0.412 e. The minimum Gasteiger partial charge on any atom is -0.412 e. The molecule has 0 aromatic carbocycles. The summed E-state index contributed by atoms with van der Waals surface area (Å²) in [5.41, 5.74) is 0. The van der Waals surface area contributed by atoms with Crippen LogP contribution in [0.25, 0.3) is 0 Å². The van der Waals surface area contributed by atoms with Gasteiger partial charge in [-0.05, 0) is 0 Å². The van der Waals surface area contributed by atoms with Crippen LogP contribution in [-0.2, 0) is 17.1 Å². The van der Waals surface area contributed by atoms with Crippen LogP contribution >= 0.6 is 0 Å². The zero-order chi connectivity index (χ0) is 0. The fourth-order valence-electron chi connectivity index (χ4n) is 0. The van der Waals surface area contributed by atoms with Crippen molar-refractivity contribution in [2.75, 3.05) is 0 Å². The van der Waals surface area contributed by atoms with E-state index in [9.17, 15) is 0 Å². The first-order valence-electron chi connectivity index (χ1n) is 0. The molecule has 0 aromatic heterocycles. The van der Waals surface area contributed by atoms with E-state index in [1.54, 1.807) is 0 Å². The second kappa shape index (κ2) is 39.6. The van der Waals surface area contributed by atoms with Crippen molar-refractivity contribution < 1.29 is 33.5 Å². The van der Waals surface area contributed by atoms with Gasteiger partial charge in [0, 0.05) is 62.6 Å². The zero-order valence-electron chi connectivity index (χ0n) is 2.56. The van der Waals surface area contributed by atoms with Crippen LogP contribution in [0.2, 0.25) is 0 Å². The number of rotatable bonds is 0. The summed E-state index contributed by atoms with van der Waals surface area (Å²) in [7, 11) is 0. The Morgan fingerprint density at radius 2 is 0.600 bits per heavy atom. The zero-order valence-corrected chi connectivity index (χ0v) is 7.14. The van der Waals surface area contributed by atoms with E-state index in [0.29, 0.717) is 0 Å². The quantitative estimate of drug-likeness (QED) is 0.374. The maximum Gasteiger partial charge on any atom is 0 e. The molecule has 0 unspecified atom stereocenters. The van der Waals surface area contributed by atoms with Crippen molar-refractivity contribution in [3.63, 3.8) is 0 Å². The molecule has 0 saturated heterocycles. The Labute approximate surface area is 77.8 Å². The van der Waals surface area contributed by atoms with Gasteiger partial charge in [0.1, 0.15) is 0 Å². The molecule has 0 atom stereocenters. The van der Waals surface area contributed by atoms with E-state index < -0.39 is 0 Å². The molecule has 0 heterocycles. The molecule has 0 bridgehead atoms. The summed E-state index contributed by atoms with van der Waals surface area (Å²) in [4.78, 5) is 0. The van der Waals surface area contributed by atoms with E-state index in [-0.39, 0.29) is 79.0 Å². The summed E-state index contributed by atoms with van der Waals surface area (Å²) < 4.78 is 0. The minimum absolute atomic E-state index is 0. The van der Waals surface area contributed by atoms with Gasteiger partial charge in [-0.15, -0.1) is 0 Å². The Kier molecular flexibility index (Phi) is 533. The summed E-state index contributed by atoms with van der Waals surface area (Å²) in [5, 5.41) is 0. The predicted molar refractivity (Wildman–Crippen MR) is 16.6 cm³/mol. The van der Waals surface area contributed by atoms with Gasteiger partial charge in [-0.3, -0.25) is 0 Å². The van der Waals surface area contributed by atoms with Gasteiger partial charge < -0.3 is 16.4 Å². The van der Waals surface area contributed by atoms with Gasteiger partial charge in [-0.2, -0.15) is 0 Å². The summed E-state index contributed by atoms with van der Waals surface area (Å²) in [6.07, 6.45) is 0. The molecule has 0 aromatic rings. The van der Waals surface area contributed by atoms with Crippen molar-refractivity contribution in [1.82, 2.24) is 0 Å². The molecule has 0 fully saturated rings. The molecule has 0 aliphatic heterocycles. The summed E-state index contributed by atoms with van der Waals surface area (Å²) in [5.74, 6) is 0. The van der Waals surface area contributed by atoms with Gasteiger partial charge in [-0.25, -0.2) is 0 Å². The molecule has 0 aliphatic rings. The van der Waals surface area contributed by atoms with Crippen molar-refractivity contribution in [2.45, 2.75) is 0 Å². The molecule has 6 N–H and O–H groups in total. The Morgan fingerprint density at radius 1 is 0.600 bits per heavy atom. The van der Waals surface area contributed by atoms with Crippen LogP contribution in [0.5, 0.6) is 0 Å². The fourth-order valence-corrected chi connectivity index (χ4v) is 0. The molecule has 0 spiro atoms. The van der Waals surface area contributed by atoms with Crippen molar-refractivity contribution >= 4 is 45.5 Å². The first-order valence-corrected chi connectivity index (χ1v) is 0. The number of hydrogen-bond acceptors (Lipinski definition) is 0. The van der Waals surface area contributed by atoms with Crippen LogP contribution in [0.4, 0.5) is 0 Å². The first-order chi connectivity index (χ1) is 0. The van der Waals surface area contributed by atoms with E-state index in [1.807, 2.05) is 0 Å². The average Bonchev–Trinajstić information content (AvgIpc) is 0. The maximum atomic E-state index is 0.